The smallest absolute Gasteiger partial charge is 0.407 e. The number of carbonyl (C=O) groups is 1. The highest BCUT2D eigenvalue weighted by Gasteiger charge is 2.23. The second-order valence-corrected chi connectivity index (χ2v) is 2.97. The van der Waals surface area contributed by atoms with Crippen LogP contribution in [0.3, 0.4) is 0 Å². The number of nitrogens with one attached hydrogen (secondary N) is 1. The monoisotopic (exact) mass is 178 g/mol. The molecule has 1 atom stereocenters. The predicted molar refractivity (Wildman–Crippen MR) is 48.1 cm³/mol. The van der Waals surface area contributed by atoms with Crippen LogP contribution in [0, 0.1) is 0 Å². The van der Waals surface area contributed by atoms with Gasteiger partial charge in [0, 0.05) is 5.69 Å². The second kappa shape index (κ2) is 2.97. The molecule has 4 nitrogen and oxygen atoms in total. The van der Waals surface area contributed by atoms with Crippen molar-refractivity contribution >= 4 is 11.8 Å². The molecule has 13 heavy (non-hydrogen) atoms. The molecule has 1 aromatic carbocycles. The fraction of sp³-hybridized carbons (Fsp3) is 0.222. The highest BCUT2D eigenvalue weighted by Crippen LogP contribution is 2.19. The molecule has 0 radical (unpaired) electrons. The van der Waals surface area contributed by atoms with Gasteiger partial charge < -0.3 is 15.8 Å². The molecule has 1 saturated heterocycles. The number of amides is 1. The lowest BCUT2D eigenvalue weighted by Crippen LogP contribution is -2.18. The van der Waals surface area contributed by atoms with E-state index in [4.69, 9.17) is 10.5 Å². The normalized spacial score (nSPS) is 20.9. The summed E-state index contributed by atoms with van der Waals surface area (Å²) in [5.41, 5.74) is 7.28. The summed E-state index contributed by atoms with van der Waals surface area (Å²) in [6.45, 7) is 0.377. The molecule has 68 valence electrons. The molecular formula is C9H10N2O2. The number of rotatable bonds is 1. The van der Waals surface area contributed by atoms with Gasteiger partial charge in [0.05, 0.1) is 6.04 Å². The Balaban J connectivity index is 2.21. The van der Waals surface area contributed by atoms with Crippen LogP contribution in [0.4, 0.5) is 10.5 Å². The molecule has 1 amide bonds. The summed E-state index contributed by atoms with van der Waals surface area (Å²) in [4.78, 5) is 10.7. The number of anilines is 1. The SMILES string of the molecule is Nc1cccc(C2COC(=O)N2)c1. The number of hydrogen-bond donors (Lipinski definition) is 2. The van der Waals surface area contributed by atoms with Crippen LogP contribution in [0.25, 0.3) is 0 Å². The Morgan fingerprint density at radius 3 is 3.00 bits per heavy atom. The molecule has 1 aliphatic heterocycles. The third kappa shape index (κ3) is 1.56. The average Bonchev–Trinajstić information content (AvgIpc) is 2.52. The van der Waals surface area contributed by atoms with Crippen molar-refractivity contribution < 1.29 is 9.53 Å². The van der Waals surface area contributed by atoms with Crippen LogP contribution in [-0.2, 0) is 4.74 Å². The van der Waals surface area contributed by atoms with Crippen molar-refractivity contribution in [3.8, 4) is 0 Å². The lowest BCUT2D eigenvalue weighted by atomic mass is 10.1. The third-order valence-corrected chi connectivity index (χ3v) is 1.99. The van der Waals surface area contributed by atoms with E-state index in [1.165, 1.54) is 0 Å². The second-order valence-electron chi connectivity index (χ2n) is 2.97. The first-order valence-corrected chi connectivity index (χ1v) is 4.04. The van der Waals surface area contributed by atoms with Crippen molar-refractivity contribution in [2.45, 2.75) is 6.04 Å². The average molecular weight is 178 g/mol. The molecule has 0 saturated carbocycles. The molecular weight excluding hydrogens is 168 g/mol. The predicted octanol–water partition coefficient (Wildman–Crippen LogP) is 1.05. The maximum atomic E-state index is 10.7. The summed E-state index contributed by atoms with van der Waals surface area (Å²) >= 11 is 0. The molecule has 1 heterocycles. The molecule has 4 heteroatoms. The Morgan fingerprint density at radius 1 is 1.54 bits per heavy atom. The number of cyclic esters (lactones) is 1. The molecule has 1 aliphatic rings. The molecule has 1 fully saturated rings. The minimum absolute atomic E-state index is 0.0593. The lowest BCUT2D eigenvalue weighted by Gasteiger charge is -2.07. The maximum absolute atomic E-state index is 10.7. The van der Waals surface area contributed by atoms with Crippen molar-refractivity contribution in [3.63, 3.8) is 0 Å². The molecule has 0 aliphatic carbocycles. The summed E-state index contributed by atoms with van der Waals surface area (Å²) in [6.07, 6.45) is -0.368. The van der Waals surface area contributed by atoms with Gasteiger partial charge in [-0.05, 0) is 17.7 Å². The van der Waals surface area contributed by atoms with Gasteiger partial charge >= 0.3 is 6.09 Å². The Kier molecular flexibility index (Phi) is 1.81. The number of nitrogens with two attached hydrogens (primary N) is 1. The summed E-state index contributed by atoms with van der Waals surface area (Å²) < 4.78 is 4.77. The number of alkyl carbamates (subject to hydrolysis) is 1. The van der Waals surface area contributed by atoms with Crippen molar-refractivity contribution in [2.75, 3.05) is 12.3 Å². The van der Waals surface area contributed by atoms with E-state index >= 15 is 0 Å². The van der Waals surface area contributed by atoms with E-state index in [1.54, 1.807) is 6.07 Å². The van der Waals surface area contributed by atoms with E-state index in [9.17, 15) is 4.79 Å². The van der Waals surface area contributed by atoms with E-state index in [0.29, 0.717) is 12.3 Å². The Labute approximate surface area is 75.7 Å². The zero-order valence-electron chi connectivity index (χ0n) is 6.99. The molecule has 1 unspecified atom stereocenters. The van der Waals surface area contributed by atoms with E-state index in [0.717, 1.165) is 5.56 Å². The molecule has 1 aromatic rings. The number of ether oxygens (including phenoxy) is 1. The van der Waals surface area contributed by atoms with Crippen LogP contribution in [0.15, 0.2) is 24.3 Å². The van der Waals surface area contributed by atoms with E-state index in [-0.39, 0.29) is 12.1 Å². The summed E-state index contributed by atoms with van der Waals surface area (Å²) in [5.74, 6) is 0. The molecule has 2 rings (SSSR count). The van der Waals surface area contributed by atoms with Gasteiger partial charge in [-0.15, -0.1) is 0 Å². The number of carbonyl (C=O) groups excluding carboxylic acids is 1. The molecule has 0 aromatic heterocycles. The van der Waals surface area contributed by atoms with Crippen molar-refractivity contribution in [1.82, 2.24) is 5.32 Å². The van der Waals surface area contributed by atoms with Crippen LogP contribution in [-0.4, -0.2) is 12.7 Å². The van der Waals surface area contributed by atoms with Gasteiger partial charge in [0.2, 0.25) is 0 Å². The Hall–Kier alpha value is -1.71. The number of benzene rings is 1. The highest BCUT2D eigenvalue weighted by atomic mass is 16.6. The largest absolute Gasteiger partial charge is 0.447 e. The standard InChI is InChI=1S/C9H10N2O2/c10-7-3-1-2-6(4-7)8-5-13-9(12)11-8/h1-4,8H,5,10H2,(H,11,12). The Bertz CT molecular complexity index is 338. The molecule has 0 bridgehead atoms. The van der Waals surface area contributed by atoms with Crippen LogP contribution in [0.2, 0.25) is 0 Å². The van der Waals surface area contributed by atoms with Crippen LogP contribution in [0.5, 0.6) is 0 Å². The maximum Gasteiger partial charge on any atom is 0.407 e. The quantitative estimate of drug-likeness (QED) is 0.632. The summed E-state index contributed by atoms with van der Waals surface area (Å²) in [5, 5.41) is 2.68. The van der Waals surface area contributed by atoms with Gasteiger partial charge in [0.1, 0.15) is 6.61 Å². The van der Waals surface area contributed by atoms with Gasteiger partial charge in [-0.3, -0.25) is 0 Å². The highest BCUT2D eigenvalue weighted by molar-refractivity contribution is 5.70. The minimum Gasteiger partial charge on any atom is -0.447 e. The fourth-order valence-electron chi connectivity index (χ4n) is 1.34. The van der Waals surface area contributed by atoms with Crippen LogP contribution < -0.4 is 11.1 Å². The van der Waals surface area contributed by atoms with Crippen LogP contribution in [0.1, 0.15) is 11.6 Å². The van der Waals surface area contributed by atoms with Crippen LogP contribution >= 0.6 is 0 Å². The number of hydrogen-bond acceptors (Lipinski definition) is 3. The van der Waals surface area contributed by atoms with Crippen molar-refractivity contribution in [2.24, 2.45) is 0 Å². The van der Waals surface area contributed by atoms with Crippen molar-refractivity contribution in [3.05, 3.63) is 29.8 Å². The number of nitrogen functional groups attached to an aromatic ring is 1. The van der Waals surface area contributed by atoms with E-state index in [1.807, 2.05) is 18.2 Å². The fourth-order valence-corrected chi connectivity index (χ4v) is 1.34. The lowest BCUT2D eigenvalue weighted by molar-refractivity contribution is 0.177. The summed E-state index contributed by atoms with van der Waals surface area (Å²) in [6, 6.07) is 7.35. The zero-order chi connectivity index (χ0) is 9.26. The third-order valence-electron chi connectivity index (χ3n) is 1.99. The first-order valence-electron chi connectivity index (χ1n) is 4.04. The molecule has 0 spiro atoms. The van der Waals surface area contributed by atoms with Gasteiger partial charge in [-0.25, -0.2) is 4.79 Å². The first-order chi connectivity index (χ1) is 6.25. The van der Waals surface area contributed by atoms with Crippen molar-refractivity contribution in [1.29, 1.82) is 0 Å². The van der Waals surface area contributed by atoms with Gasteiger partial charge in [0.25, 0.3) is 0 Å². The van der Waals surface area contributed by atoms with Gasteiger partial charge in [0.15, 0.2) is 0 Å². The summed E-state index contributed by atoms with van der Waals surface area (Å²) in [7, 11) is 0. The minimum atomic E-state index is -0.368. The molecule has 3 N–H and O–H groups in total. The van der Waals surface area contributed by atoms with Gasteiger partial charge in [-0.1, -0.05) is 12.1 Å². The Morgan fingerprint density at radius 2 is 2.38 bits per heavy atom. The first kappa shape index (κ1) is 7.91. The topological polar surface area (TPSA) is 64.3 Å². The zero-order valence-corrected chi connectivity index (χ0v) is 6.99. The van der Waals surface area contributed by atoms with Gasteiger partial charge in [-0.2, -0.15) is 0 Å². The van der Waals surface area contributed by atoms with E-state index in [2.05, 4.69) is 5.32 Å². The van der Waals surface area contributed by atoms with E-state index < -0.39 is 0 Å².